The summed E-state index contributed by atoms with van der Waals surface area (Å²) in [5, 5.41) is 0.888. The predicted molar refractivity (Wildman–Crippen MR) is 104 cm³/mol. The number of thiophene rings is 1. The molecule has 2 heterocycles. The maximum atomic E-state index is 12.3. The molecule has 26 heavy (non-hydrogen) atoms. The van der Waals surface area contributed by atoms with E-state index in [4.69, 9.17) is 15.5 Å². The van der Waals surface area contributed by atoms with Crippen molar-refractivity contribution in [1.29, 1.82) is 0 Å². The Bertz CT molecular complexity index is 850. The molecule has 6 rings (SSSR count). The normalized spacial score (nSPS) is 32.5. The standard InChI is InChI=1S/C21H26N2O2S/c1-11(2)25-20(24)18-17(22)15-3-4-16(23-19(15)26-18)21-8-12-5-13(9-21)7-14(6-12)10-21/h3-4,11-14H,5-10,22H2,1-2H3. The zero-order chi connectivity index (χ0) is 18.1. The monoisotopic (exact) mass is 370 g/mol. The number of nitrogens with zero attached hydrogens (tertiary/aromatic N) is 1. The van der Waals surface area contributed by atoms with E-state index in [0.29, 0.717) is 10.6 Å². The number of carbonyl (C=O) groups is 1. The fourth-order valence-corrected chi connectivity index (χ4v) is 7.11. The first kappa shape index (κ1) is 16.5. The number of nitrogen functional groups attached to an aromatic ring is 1. The van der Waals surface area contributed by atoms with Crippen molar-refractivity contribution in [3.8, 4) is 0 Å². The minimum absolute atomic E-state index is 0.150. The number of hydrogen-bond acceptors (Lipinski definition) is 5. The number of rotatable bonds is 3. The molecular formula is C21H26N2O2S. The first-order chi connectivity index (χ1) is 12.4. The van der Waals surface area contributed by atoms with Crippen LogP contribution in [0.25, 0.3) is 10.2 Å². The summed E-state index contributed by atoms with van der Waals surface area (Å²) in [7, 11) is 0. The van der Waals surface area contributed by atoms with E-state index < -0.39 is 0 Å². The molecule has 4 bridgehead atoms. The Balaban J connectivity index is 1.53. The average Bonchev–Trinajstić information content (AvgIpc) is 2.89. The first-order valence-corrected chi connectivity index (χ1v) is 10.7. The van der Waals surface area contributed by atoms with Gasteiger partial charge in [0.1, 0.15) is 9.71 Å². The van der Waals surface area contributed by atoms with E-state index in [1.54, 1.807) is 0 Å². The molecule has 2 aromatic heterocycles. The van der Waals surface area contributed by atoms with Gasteiger partial charge in [-0.05, 0) is 82.3 Å². The van der Waals surface area contributed by atoms with Crippen molar-refractivity contribution in [2.45, 2.75) is 63.9 Å². The van der Waals surface area contributed by atoms with Gasteiger partial charge in [0.15, 0.2) is 0 Å². The molecule has 0 amide bonds. The van der Waals surface area contributed by atoms with E-state index in [1.807, 2.05) is 13.8 Å². The lowest BCUT2D eigenvalue weighted by Crippen LogP contribution is -2.48. The summed E-state index contributed by atoms with van der Waals surface area (Å²) in [6, 6.07) is 4.25. The second-order valence-corrected chi connectivity index (χ2v) is 10.0. The molecule has 4 saturated carbocycles. The predicted octanol–water partition coefficient (Wildman–Crippen LogP) is 4.91. The molecule has 0 radical (unpaired) electrons. The summed E-state index contributed by atoms with van der Waals surface area (Å²) in [4.78, 5) is 18.7. The number of fused-ring (bicyclic) bond motifs is 1. The largest absolute Gasteiger partial charge is 0.459 e. The van der Waals surface area contributed by atoms with Gasteiger partial charge in [-0.3, -0.25) is 0 Å². The zero-order valence-corrected chi connectivity index (χ0v) is 16.3. The maximum absolute atomic E-state index is 12.3. The molecule has 0 saturated heterocycles. The molecule has 0 aliphatic heterocycles. The van der Waals surface area contributed by atoms with Gasteiger partial charge in [-0.1, -0.05) is 0 Å². The molecule has 0 aromatic carbocycles. The van der Waals surface area contributed by atoms with Gasteiger partial charge in [0.2, 0.25) is 0 Å². The number of carbonyl (C=O) groups excluding carboxylic acids is 1. The number of aromatic nitrogens is 1. The average molecular weight is 371 g/mol. The van der Waals surface area contributed by atoms with Crippen molar-refractivity contribution in [3.63, 3.8) is 0 Å². The van der Waals surface area contributed by atoms with Gasteiger partial charge >= 0.3 is 5.97 Å². The Labute approximate surface area is 158 Å². The summed E-state index contributed by atoms with van der Waals surface area (Å²) in [6.07, 6.45) is 8.01. The van der Waals surface area contributed by atoms with Gasteiger partial charge in [0.05, 0.1) is 11.8 Å². The van der Waals surface area contributed by atoms with E-state index in [2.05, 4.69) is 12.1 Å². The van der Waals surface area contributed by atoms with Crippen LogP contribution < -0.4 is 5.73 Å². The molecule has 2 N–H and O–H groups in total. The topological polar surface area (TPSA) is 65.2 Å². The molecular weight excluding hydrogens is 344 g/mol. The first-order valence-electron chi connectivity index (χ1n) is 9.84. The van der Waals surface area contributed by atoms with Gasteiger partial charge in [0, 0.05) is 16.5 Å². The van der Waals surface area contributed by atoms with Crippen LogP contribution in [0.2, 0.25) is 0 Å². The third-order valence-corrected chi connectivity index (χ3v) is 7.80. The lowest BCUT2D eigenvalue weighted by molar-refractivity contribution is -0.00704. The Morgan fingerprint density at radius 2 is 1.81 bits per heavy atom. The van der Waals surface area contributed by atoms with Gasteiger partial charge in [-0.25, -0.2) is 9.78 Å². The minimum Gasteiger partial charge on any atom is -0.459 e. The third kappa shape index (κ3) is 2.47. The van der Waals surface area contributed by atoms with Crippen molar-refractivity contribution in [2.24, 2.45) is 17.8 Å². The van der Waals surface area contributed by atoms with Crippen LogP contribution in [-0.2, 0) is 10.2 Å². The fraction of sp³-hybridized carbons (Fsp3) is 0.619. The highest BCUT2D eigenvalue weighted by Gasteiger charge is 2.52. The lowest BCUT2D eigenvalue weighted by Gasteiger charge is -2.56. The van der Waals surface area contributed by atoms with E-state index in [-0.39, 0.29) is 17.5 Å². The molecule has 2 aromatic rings. The number of nitrogens with two attached hydrogens (primary N) is 1. The fourth-order valence-electron chi connectivity index (χ4n) is 6.14. The summed E-state index contributed by atoms with van der Waals surface area (Å²) in [6.45, 7) is 3.70. The lowest BCUT2D eigenvalue weighted by atomic mass is 9.49. The van der Waals surface area contributed by atoms with Crippen molar-refractivity contribution < 1.29 is 9.53 Å². The number of pyridine rings is 1. The van der Waals surface area contributed by atoms with Crippen molar-refractivity contribution in [2.75, 3.05) is 5.73 Å². The Hall–Kier alpha value is -1.62. The number of hydrogen-bond donors (Lipinski definition) is 1. The van der Waals surface area contributed by atoms with Crippen LogP contribution >= 0.6 is 11.3 Å². The van der Waals surface area contributed by atoms with Crippen LogP contribution in [0.15, 0.2) is 12.1 Å². The van der Waals surface area contributed by atoms with Crippen LogP contribution in [0, 0.1) is 17.8 Å². The third-order valence-electron chi connectivity index (χ3n) is 6.70. The maximum Gasteiger partial charge on any atom is 0.350 e. The highest BCUT2D eigenvalue weighted by molar-refractivity contribution is 7.21. The smallest absolute Gasteiger partial charge is 0.350 e. The Morgan fingerprint density at radius 1 is 1.19 bits per heavy atom. The SMILES string of the molecule is CC(C)OC(=O)c1sc2nc(C34CC5CC(CC(C5)C3)C4)ccc2c1N. The van der Waals surface area contributed by atoms with Gasteiger partial charge < -0.3 is 10.5 Å². The van der Waals surface area contributed by atoms with Crippen LogP contribution in [0.1, 0.15) is 67.7 Å². The van der Waals surface area contributed by atoms with Crippen molar-refractivity contribution in [1.82, 2.24) is 4.98 Å². The van der Waals surface area contributed by atoms with Gasteiger partial charge in [0.25, 0.3) is 0 Å². The van der Waals surface area contributed by atoms with Crippen LogP contribution in [0.5, 0.6) is 0 Å². The second kappa shape index (κ2) is 5.69. The van der Waals surface area contributed by atoms with Crippen molar-refractivity contribution in [3.05, 3.63) is 22.7 Å². The van der Waals surface area contributed by atoms with Gasteiger partial charge in [-0.2, -0.15) is 0 Å². The molecule has 4 aliphatic carbocycles. The summed E-state index contributed by atoms with van der Waals surface area (Å²) in [5.41, 5.74) is 8.25. The van der Waals surface area contributed by atoms with Crippen LogP contribution in [-0.4, -0.2) is 17.1 Å². The van der Waals surface area contributed by atoms with E-state index in [1.165, 1.54) is 55.6 Å². The minimum atomic E-state index is -0.336. The van der Waals surface area contributed by atoms with Crippen molar-refractivity contribution >= 4 is 33.2 Å². The molecule has 0 atom stereocenters. The molecule has 4 aliphatic rings. The number of esters is 1. The van der Waals surface area contributed by atoms with Crippen LogP contribution in [0.3, 0.4) is 0 Å². The number of anilines is 1. The quantitative estimate of drug-likeness (QED) is 0.780. The number of ether oxygens (including phenoxy) is 1. The summed E-state index contributed by atoms with van der Waals surface area (Å²) >= 11 is 1.38. The highest BCUT2D eigenvalue weighted by Crippen LogP contribution is 2.60. The summed E-state index contributed by atoms with van der Waals surface area (Å²) in [5.74, 6) is 2.34. The van der Waals surface area contributed by atoms with Crippen LogP contribution in [0.4, 0.5) is 5.69 Å². The summed E-state index contributed by atoms with van der Waals surface area (Å²) < 4.78 is 5.34. The van der Waals surface area contributed by atoms with E-state index >= 15 is 0 Å². The molecule has 0 spiro atoms. The highest BCUT2D eigenvalue weighted by atomic mass is 32.1. The molecule has 4 fully saturated rings. The molecule has 4 nitrogen and oxygen atoms in total. The Kier molecular flexibility index (Phi) is 3.62. The molecule has 138 valence electrons. The Morgan fingerprint density at radius 3 is 2.38 bits per heavy atom. The van der Waals surface area contributed by atoms with Gasteiger partial charge in [-0.15, -0.1) is 11.3 Å². The molecule has 5 heteroatoms. The molecule has 0 unspecified atom stereocenters. The van der Waals surface area contributed by atoms with E-state index in [0.717, 1.165) is 28.0 Å². The zero-order valence-electron chi connectivity index (χ0n) is 15.5. The van der Waals surface area contributed by atoms with E-state index in [9.17, 15) is 4.79 Å². The second-order valence-electron chi connectivity index (χ2n) is 9.05.